The molecule has 2 amide bonds. The summed E-state index contributed by atoms with van der Waals surface area (Å²) in [5, 5.41) is 17.0. The number of rotatable bonds is 3. The molecule has 1 aromatic heterocycles. The molecule has 21 heavy (non-hydrogen) atoms. The van der Waals surface area contributed by atoms with Crippen molar-refractivity contribution in [3.8, 4) is 0 Å². The zero-order valence-electron chi connectivity index (χ0n) is 10.7. The van der Waals surface area contributed by atoms with E-state index in [0.717, 1.165) is 0 Å². The van der Waals surface area contributed by atoms with Crippen molar-refractivity contribution in [2.75, 3.05) is 10.6 Å². The maximum atomic E-state index is 13.5. The zero-order chi connectivity index (χ0) is 15.6. The summed E-state index contributed by atoms with van der Waals surface area (Å²) in [6, 6.07) is 1.75. The number of urea groups is 1. The highest BCUT2D eigenvalue weighted by molar-refractivity contribution is 6.00. The highest BCUT2D eigenvalue weighted by Crippen LogP contribution is 2.20. The van der Waals surface area contributed by atoms with Crippen LogP contribution in [0.4, 0.5) is 25.1 Å². The Bertz CT molecular complexity index is 715. The third-order valence-corrected chi connectivity index (χ3v) is 2.49. The first-order chi connectivity index (χ1) is 9.86. The summed E-state index contributed by atoms with van der Waals surface area (Å²) in [4.78, 5) is 22.4. The van der Waals surface area contributed by atoms with Crippen LogP contribution in [-0.4, -0.2) is 26.9 Å². The number of benzene rings is 1. The van der Waals surface area contributed by atoms with Gasteiger partial charge in [-0.15, -0.1) is 0 Å². The van der Waals surface area contributed by atoms with Gasteiger partial charge in [-0.3, -0.25) is 10.00 Å². The van der Waals surface area contributed by atoms with Crippen LogP contribution >= 0.6 is 0 Å². The first-order valence-corrected chi connectivity index (χ1v) is 5.67. The quantitative estimate of drug-likeness (QED) is 0.807. The number of carboxylic acid groups (broad SMARTS) is 1. The van der Waals surface area contributed by atoms with Crippen LogP contribution in [-0.2, 0) is 7.05 Å². The lowest BCUT2D eigenvalue weighted by molar-refractivity contribution is 0.0692. The van der Waals surface area contributed by atoms with Gasteiger partial charge in [-0.1, -0.05) is 0 Å². The monoisotopic (exact) mass is 296 g/mol. The molecule has 9 heteroatoms. The summed E-state index contributed by atoms with van der Waals surface area (Å²) in [7, 11) is 1.64. The van der Waals surface area contributed by atoms with Crippen molar-refractivity contribution < 1.29 is 23.5 Å². The second-order valence-electron chi connectivity index (χ2n) is 4.07. The first kappa shape index (κ1) is 14.4. The number of carbonyl (C=O) groups excluding carboxylic acids is 1. The molecule has 2 rings (SSSR count). The van der Waals surface area contributed by atoms with E-state index in [1.54, 1.807) is 13.2 Å². The number of nitrogens with zero attached hydrogens (tertiary/aromatic N) is 2. The number of aromatic nitrogens is 2. The van der Waals surface area contributed by atoms with E-state index in [1.807, 2.05) is 0 Å². The molecule has 0 saturated carbocycles. The SMILES string of the molecule is Cn1ccc(NC(=O)Nc2cc(C(=O)O)c(F)cc2F)n1. The Labute approximate surface area is 117 Å². The molecule has 0 radical (unpaired) electrons. The van der Waals surface area contributed by atoms with Gasteiger partial charge in [-0.25, -0.2) is 18.4 Å². The van der Waals surface area contributed by atoms with Crippen LogP contribution in [0.15, 0.2) is 24.4 Å². The molecule has 0 saturated heterocycles. The van der Waals surface area contributed by atoms with Gasteiger partial charge in [0.1, 0.15) is 11.6 Å². The fourth-order valence-corrected chi connectivity index (χ4v) is 1.56. The van der Waals surface area contributed by atoms with E-state index in [1.165, 1.54) is 10.7 Å². The van der Waals surface area contributed by atoms with Crippen LogP contribution < -0.4 is 10.6 Å². The van der Waals surface area contributed by atoms with Gasteiger partial charge in [-0.05, 0) is 6.07 Å². The number of aryl methyl sites for hydroxylation is 1. The molecule has 7 nitrogen and oxygen atoms in total. The molecule has 0 bridgehead atoms. The van der Waals surface area contributed by atoms with Gasteiger partial charge in [0.25, 0.3) is 0 Å². The maximum Gasteiger partial charge on any atom is 0.338 e. The molecule has 0 unspecified atom stereocenters. The summed E-state index contributed by atoms with van der Waals surface area (Å²) in [5.41, 5.74) is -1.20. The largest absolute Gasteiger partial charge is 0.478 e. The van der Waals surface area contributed by atoms with E-state index < -0.39 is 34.9 Å². The van der Waals surface area contributed by atoms with Crippen LogP contribution in [0.3, 0.4) is 0 Å². The Morgan fingerprint density at radius 2 is 1.95 bits per heavy atom. The molecule has 0 aliphatic carbocycles. The smallest absolute Gasteiger partial charge is 0.338 e. The van der Waals surface area contributed by atoms with Crippen LogP contribution in [0.25, 0.3) is 0 Å². The van der Waals surface area contributed by atoms with Crippen LogP contribution in [0.1, 0.15) is 10.4 Å². The Hall–Kier alpha value is -2.97. The number of amides is 2. The number of anilines is 2. The van der Waals surface area contributed by atoms with Gasteiger partial charge in [0.15, 0.2) is 5.82 Å². The van der Waals surface area contributed by atoms with Gasteiger partial charge in [0.05, 0.1) is 11.3 Å². The van der Waals surface area contributed by atoms with Crippen LogP contribution in [0.2, 0.25) is 0 Å². The van der Waals surface area contributed by atoms with E-state index in [0.29, 0.717) is 12.1 Å². The van der Waals surface area contributed by atoms with Crippen molar-refractivity contribution in [1.29, 1.82) is 0 Å². The lowest BCUT2D eigenvalue weighted by atomic mass is 10.2. The lowest BCUT2D eigenvalue weighted by Gasteiger charge is -2.08. The molecular weight excluding hydrogens is 286 g/mol. The van der Waals surface area contributed by atoms with Crippen molar-refractivity contribution in [3.63, 3.8) is 0 Å². The summed E-state index contributed by atoms with van der Waals surface area (Å²) in [5.74, 6) is -3.67. The standard InChI is InChI=1S/C12H10F2N4O3/c1-18-3-2-10(17-18)16-12(21)15-9-4-6(11(19)20)7(13)5-8(9)14/h2-5H,1H3,(H,19,20)(H2,15,16,17,21). The van der Waals surface area contributed by atoms with Gasteiger partial charge < -0.3 is 10.4 Å². The summed E-state index contributed by atoms with van der Waals surface area (Å²) < 4.78 is 28.1. The van der Waals surface area contributed by atoms with Crippen LogP contribution in [0.5, 0.6) is 0 Å². The Kier molecular flexibility index (Phi) is 3.83. The molecule has 0 aliphatic heterocycles. The molecule has 0 atom stereocenters. The number of carboxylic acids is 1. The highest BCUT2D eigenvalue weighted by atomic mass is 19.1. The average molecular weight is 296 g/mol. The minimum atomic E-state index is -1.57. The molecular formula is C12H10F2N4O3. The second-order valence-corrected chi connectivity index (χ2v) is 4.07. The normalized spacial score (nSPS) is 10.2. The first-order valence-electron chi connectivity index (χ1n) is 5.67. The van der Waals surface area contributed by atoms with Crippen molar-refractivity contribution in [2.45, 2.75) is 0 Å². The van der Waals surface area contributed by atoms with E-state index >= 15 is 0 Å². The third-order valence-electron chi connectivity index (χ3n) is 2.49. The molecule has 0 fully saturated rings. The topological polar surface area (TPSA) is 96.2 Å². The van der Waals surface area contributed by atoms with Crippen molar-refractivity contribution in [2.24, 2.45) is 7.05 Å². The minimum absolute atomic E-state index is 0.218. The molecule has 2 aromatic rings. The summed E-state index contributed by atoms with van der Waals surface area (Å²) >= 11 is 0. The fourth-order valence-electron chi connectivity index (χ4n) is 1.56. The number of halogens is 2. The molecule has 110 valence electrons. The van der Waals surface area contributed by atoms with Crippen LogP contribution in [0, 0.1) is 11.6 Å². The predicted octanol–water partition coefficient (Wildman–Crippen LogP) is 2.04. The van der Waals surface area contributed by atoms with Crippen molar-refractivity contribution >= 4 is 23.5 Å². The van der Waals surface area contributed by atoms with E-state index in [2.05, 4.69) is 15.7 Å². The number of hydrogen-bond acceptors (Lipinski definition) is 3. The van der Waals surface area contributed by atoms with Gasteiger partial charge >= 0.3 is 12.0 Å². The zero-order valence-corrected chi connectivity index (χ0v) is 10.7. The average Bonchev–Trinajstić information content (AvgIpc) is 2.77. The predicted molar refractivity (Wildman–Crippen MR) is 69.2 cm³/mol. The molecule has 0 spiro atoms. The van der Waals surface area contributed by atoms with E-state index in [-0.39, 0.29) is 5.82 Å². The minimum Gasteiger partial charge on any atom is -0.478 e. The number of hydrogen-bond donors (Lipinski definition) is 3. The Morgan fingerprint density at radius 3 is 2.52 bits per heavy atom. The Morgan fingerprint density at radius 1 is 1.24 bits per heavy atom. The second kappa shape index (κ2) is 5.57. The van der Waals surface area contributed by atoms with Gasteiger partial charge in [-0.2, -0.15) is 5.10 Å². The Balaban J connectivity index is 2.17. The van der Waals surface area contributed by atoms with Crippen molar-refractivity contribution in [3.05, 3.63) is 41.6 Å². The maximum absolute atomic E-state index is 13.5. The third kappa shape index (κ3) is 3.32. The van der Waals surface area contributed by atoms with Crippen molar-refractivity contribution in [1.82, 2.24) is 9.78 Å². The van der Waals surface area contributed by atoms with Gasteiger partial charge in [0, 0.05) is 25.4 Å². The van der Waals surface area contributed by atoms with Gasteiger partial charge in [0.2, 0.25) is 0 Å². The van der Waals surface area contributed by atoms with E-state index in [4.69, 9.17) is 5.11 Å². The fraction of sp³-hybridized carbons (Fsp3) is 0.0833. The molecule has 1 aromatic carbocycles. The number of aromatic carboxylic acids is 1. The number of nitrogens with one attached hydrogen (secondary N) is 2. The lowest BCUT2D eigenvalue weighted by Crippen LogP contribution is -2.21. The summed E-state index contributed by atoms with van der Waals surface area (Å²) in [6.45, 7) is 0. The molecule has 1 heterocycles. The number of carbonyl (C=O) groups is 2. The van der Waals surface area contributed by atoms with E-state index in [9.17, 15) is 18.4 Å². The molecule has 3 N–H and O–H groups in total. The molecule has 0 aliphatic rings. The highest BCUT2D eigenvalue weighted by Gasteiger charge is 2.16. The summed E-state index contributed by atoms with van der Waals surface area (Å²) in [6.07, 6.45) is 1.58.